The lowest BCUT2D eigenvalue weighted by Crippen LogP contribution is -2.46. The molecule has 4 aromatic rings. The van der Waals surface area contributed by atoms with Crippen molar-refractivity contribution >= 4 is 22.8 Å². The van der Waals surface area contributed by atoms with E-state index >= 15 is 0 Å². The second kappa shape index (κ2) is 11.0. The number of H-pyrrole nitrogens is 1. The maximum Gasteiger partial charge on any atom is 0.239 e. The maximum atomic E-state index is 14.9. The number of hydrogen-bond donors (Lipinski definition) is 3. The van der Waals surface area contributed by atoms with Gasteiger partial charge in [0.25, 0.3) is 0 Å². The number of rotatable bonds is 10. The number of pyridine rings is 2. The SMILES string of the molecule is CCN(CCNc1ccccn1)C(=O)C(N)Cc1ccc(Oc2ccnc3[nH]cc(C)c23)c(F)c1. The fourth-order valence-electron chi connectivity index (χ4n) is 3.93. The first kappa shape index (κ1) is 24.2. The molecule has 0 saturated heterocycles. The first-order valence-electron chi connectivity index (χ1n) is 11.5. The number of benzene rings is 1. The molecule has 3 heterocycles. The Labute approximate surface area is 203 Å². The van der Waals surface area contributed by atoms with E-state index in [1.165, 1.54) is 6.07 Å². The molecule has 1 amide bonds. The molecule has 9 heteroatoms. The van der Waals surface area contributed by atoms with Gasteiger partial charge in [-0.25, -0.2) is 14.4 Å². The van der Waals surface area contributed by atoms with Gasteiger partial charge in [-0.15, -0.1) is 0 Å². The van der Waals surface area contributed by atoms with E-state index in [9.17, 15) is 9.18 Å². The number of halogens is 1. The van der Waals surface area contributed by atoms with Crippen molar-refractivity contribution in [2.75, 3.05) is 25.0 Å². The number of carbonyl (C=O) groups excluding carboxylic acids is 1. The number of nitrogens with one attached hydrogen (secondary N) is 2. The zero-order valence-electron chi connectivity index (χ0n) is 19.8. The Morgan fingerprint density at radius 3 is 2.80 bits per heavy atom. The van der Waals surface area contributed by atoms with Crippen LogP contribution in [0, 0.1) is 12.7 Å². The summed E-state index contributed by atoms with van der Waals surface area (Å²) in [6.07, 6.45) is 5.36. The number of likely N-dealkylation sites (N-methyl/N-ethyl adjacent to an activating group) is 1. The number of ether oxygens (including phenoxy) is 1. The second-order valence-electron chi connectivity index (χ2n) is 8.24. The molecule has 1 aromatic carbocycles. The molecule has 0 fully saturated rings. The average Bonchev–Trinajstić information content (AvgIpc) is 3.25. The molecule has 1 unspecified atom stereocenters. The maximum absolute atomic E-state index is 14.9. The number of aryl methyl sites for hydroxylation is 1. The third-order valence-corrected chi connectivity index (χ3v) is 5.77. The highest BCUT2D eigenvalue weighted by atomic mass is 19.1. The van der Waals surface area contributed by atoms with E-state index < -0.39 is 11.9 Å². The van der Waals surface area contributed by atoms with E-state index in [4.69, 9.17) is 10.5 Å². The van der Waals surface area contributed by atoms with Gasteiger partial charge in [0.2, 0.25) is 5.91 Å². The van der Waals surface area contributed by atoms with Crippen LogP contribution < -0.4 is 15.8 Å². The van der Waals surface area contributed by atoms with E-state index in [2.05, 4.69) is 20.3 Å². The van der Waals surface area contributed by atoms with Gasteiger partial charge in [0, 0.05) is 38.2 Å². The molecule has 0 aliphatic carbocycles. The molecule has 1 atom stereocenters. The molecule has 0 radical (unpaired) electrons. The molecule has 3 aromatic heterocycles. The summed E-state index contributed by atoms with van der Waals surface area (Å²) in [6, 6.07) is 11.2. The number of amides is 1. The van der Waals surface area contributed by atoms with Crippen LogP contribution in [0.15, 0.2) is 61.1 Å². The van der Waals surface area contributed by atoms with Gasteiger partial charge in [0.05, 0.1) is 11.4 Å². The Morgan fingerprint density at radius 1 is 1.20 bits per heavy atom. The van der Waals surface area contributed by atoms with Crippen LogP contribution in [0.25, 0.3) is 11.0 Å². The van der Waals surface area contributed by atoms with E-state index in [0.717, 1.165) is 16.8 Å². The summed E-state index contributed by atoms with van der Waals surface area (Å²) in [7, 11) is 0. The van der Waals surface area contributed by atoms with Crippen molar-refractivity contribution in [3.05, 3.63) is 78.0 Å². The van der Waals surface area contributed by atoms with E-state index in [-0.39, 0.29) is 18.1 Å². The Morgan fingerprint density at radius 2 is 2.06 bits per heavy atom. The van der Waals surface area contributed by atoms with Crippen molar-refractivity contribution in [3.8, 4) is 11.5 Å². The number of nitrogens with two attached hydrogens (primary N) is 1. The third kappa shape index (κ3) is 5.75. The van der Waals surface area contributed by atoms with E-state index in [0.29, 0.717) is 36.6 Å². The van der Waals surface area contributed by atoms with Crippen molar-refractivity contribution < 1.29 is 13.9 Å². The lowest BCUT2D eigenvalue weighted by Gasteiger charge is -2.24. The van der Waals surface area contributed by atoms with Gasteiger partial charge in [-0.1, -0.05) is 12.1 Å². The molecule has 0 bridgehead atoms. The molecule has 0 saturated carbocycles. The van der Waals surface area contributed by atoms with Crippen LogP contribution >= 0.6 is 0 Å². The van der Waals surface area contributed by atoms with E-state index in [1.54, 1.807) is 35.5 Å². The Balaban J connectivity index is 1.37. The number of aromatic amines is 1. The lowest BCUT2D eigenvalue weighted by molar-refractivity contribution is -0.132. The highest BCUT2D eigenvalue weighted by Gasteiger charge is 2.21. The molecule has 0 aliphatic heterocycles. The van der Waals surface area contributed by atoms with Gasteiger partial charge in [-0.2, -0.15) is 0 Å². The van der Waals surface area contributed by atoms with Gasteiger partial charge in [-0.3, -0.25) is 4.79 Å². The lowest BCUT2D eigenvalue weighted by atomic mass is 10.0. The van der Waals surface area contributed by atoms with Gasteiger partial charge >= 0.3 is 0 Å². The minimum absolute atomic E-state index is 0.0949. The summed E-state index contributed by atoms with van der Waals surface area (Å²) in [5, 5.41) is 3.99. The van der Waals surface area contributed by atoms with E-state index in [1.807, 2.05) is 38.2 Å². The summed E-state index contributed by atoms with van der Waals surface area (Å²) in [5.41, 5.74) is 8.46. The fourth-order valence-corrected chi connectivity index (χ4v) is 3.93. The van der Waals surface area contributed by atoms with Crippen LogP contribution in [0.2, 0.25) is 0 Å². The highest BCUT2D eigenvalue weighted by molar-refractivity contribution is 5.86. The van der Waals surface area contributed by atoms with Crippen LogP contribution in [0.3, 0.4) is 0 Å². The van der Waals surface area contributed by atoms with Gasteiger partial charge in [0.1, 0.15) is 17.2 Å². The van der Waals surface area contributed by atoms with Crippen LogP contribution in [0.4, 0.5) is 10.2 Å². The predicted molar refractivity (Wildman–Crippen MR) is 134 cm³/mol. The minimum atomic E-state index is -0.779. The number of aromatic nitrogens is 3. The van der Waals surface area contributed by atoms with Gasteiger partial charge < -0.3 is 25.7 Å². The summed E-state index contributed by atoms with van der Waals surface area (Å²) in [5.74, 6) is 0.658. The van der Waals surface area contributed by atoms with Crippen LogP contribution in [0.5, 0.6) is 11.5 Å². The normalized spacial score (nSPS) is 11.9. The molecule has 35 heavy (non-hydrogen) atoms. The molecule has 8 nitrogen and oxygen atoms in total. The first-order chi connectivity index (χ1) is 17.0. The number of anilines is 1. The standard InChI is InChI=1S/C26H29FN6O2/c1-3-33(13-12-30-23-6-4-5-10-29-23)26(34)20(28)15-18-7-8-21(19(27)14-18)35-22-9-11-31-25-24(22)17(2)16-32-25/h4-11,14,16,20H,3,12-13,15,28H2,1-2H3,(H,29,30)(H,31,32). The topological polar surface area (TPSA) is 109 Å². The molecular formula is C26H29FN6O2. The highest BCUT2D eigenvalue weighted by Crippen LogP contribution is 2.32. The molecule has 182 valence electrons. The number of nitrogens with zero attached hydrogens (tertiary/aromatic N) is 3. The average molecular weight is 477 g/mol. The zero-order valence-corrected chi connectivity index (χ0v) is 19.8. The summed E-state index contributed by atoms with van der Waals surface area (Å²) in [4.78, 5) is 26.1. The van der Waals surface area contributed by atoms with Crippen molar-refractivity contribution in [3.63, 3.8) is 0 Å². The van der Waals surface area contributed by atoms with Crippen molar-refractivity contribution in [2.24, 2.45) is 5.73 Å². The second-order valence-corrected chi connectivity index (χ2v) is 8.24. The summed E-state index contributed by atoms with van der Waals surface area (Å²) < 4.78 is 20.7. The molecule has 4 rings (SSSR count). The Kier molecular flexibility index (Phi) is 7.57. The summed E-state index contributed by atoms with van der Waals surface area (Å²) in [6.45, 7) is 5.39. The van der Waals surface area contributed by atoms with Crippen LogP contribution in [-0.2, 0) is 11.2 Å². The molecular weight excluding hydrogens is 447 g/mol. The van der Waals surface area contributed by atoms with Gasteiger partial charge in [-0.05, 0) is 61.7 Å². The third-order valence-electron chi connectivity index (χ3n) is 5.77. The first-order valence-corrected chi connectivity index (χ1v) is 11.5. The van der Waals surface area contributed by atoms with Crippen molar-refractivity contribution in [1.82, 2.24) is 19.9 Å². The van der Waals surface area contributed by atoms with Crippen molar-refractivity contribution in [1.29, 1.82) is 0 Å². The quantitative estimate of drug-likeness (QED) is 0.319. The number of carbonyl (C=O) groups is 1. The summed E-state index contributed by atoms with van der Waals surface area (Å²) >= 11 is 0. The van der Waals surface area contributed by atoms with Crippen molar-refractivity contribution in [2.45, 2.75) is 26.3 Å². The molecule has 4 N–H and O–H groups in total. The Bertz CT molecular complexity index is 1290. The largest absolute Gasteiger partial charge is 0.453 e. The Hall–Kier alpha value is -3.98. The van der Waals surface area contributed by atoms with Crippen LogP contribution in [0.1, 0.15) is 18.1 Å². The number of fused-ring (bicyclic) bond motifs is 1. The van der Waals surface area contributed by atoms with Crippen LogP contribution in [-0.4, -0.2) is 51.4 Å². The predicted octanol–water partition coefficient (Wildman–Crippen LogP) is 4.03. The number of hydrogen-bond acceptors (Lipinski definition) is 6. The molecule has 0 spiro atoms. The van der Waals surface area contributed by atoms with Gasteiger partial charge in [0.15, 0.2) is 11.6 Å². The monoisotopic (exact) mass is 476 g/mol. The smallest absolute Gasteiger partial charge is 0.239 e. The molecule has 0 aliphatic rings. The zero-order chi connectivity index (χ0) is 24.8. The fraction of sp³-hybridized carbons (Fsp3) is 0.269. The minimum Gasteiger partial charge on any atom is -0.453 e.